The maximum Gasteiger partial charge on any atom is 0.142 e. The van der Waals surface area contributed by atoms with Crippen LogP contribution in [0, 0.1) is 11.3 Å². The molecule has 3 nitrogen and oxygen atoms in total. The first-order valence-corrected chi connectivity index (χ1v) is 9.16. The highest BCUT2D eigenvalue weighted by molar-refractivity contribution is 9.10. The molecule has 4 heteroatoms. The molecule has 26 heavy (non-hydrogen) atoms. The lowest BCUT2D eigenvalue weighted by molar-refractivity contribution is 0.590. The normalized spacial score (nSPS) is 11.2. The number of anilines is 1. The second-order valence-electron chi connectivity index (χ2n) is 7.26. The van der Waals surface area contributed by atoms with E-state index in [1.165, 1.54) is 5.56 Å². The van der Waals surface area contributed by atoms with E-state index in [4.69, 9.17) is 5.73 Å². The van der Waals surface area contributed by atoms with E-state index in [9.17, 15) is 5.26 Å². The predicted molar refractivity (Wildman–Crippen MR) is 111 cm³/mol. The van der Waals surface area contributed by atoms with Crippen LogP contribution in [0.3, 0.4) is 0 Å². The third kappa shape index (κ3) is 3.63. The van der Waals surface area contributed by atoms with E-state index in [2.05, 4.69) is 59.9 Å². The first-order chi connectivity index (χ1) is 12.3. The third-order valence-corrected chi connectivity index (χ3v) is 4.83. The van der Waals surface area contributed by atoms with Crippen molar-refractivity contribution in [3.05, 3.63) is 70.2 Å². The number of rotatable bonds is 2. The molecule has 0 saturated heterocycles. The zero-order valence-corrected chi connectivity index (χ0v) is 16.6. The van der Waals surface area contributed by atoms with Crippen LogP contribution in [0.2, 0.25) is 0 Å². The summed E-state index contributed by atoms with van der Waals surface area (Å²) < 4.78 is 0.968. The van der Waals surface area contributed by atoms with Crippen molar-refractivity contribution in [1.82, 2.24) is 4.98 Å². The topological polar surface area (TPSA) is 62.7 Å². The Morgan fingerprint density at radius 1 is 1.00 bits per heavy atom. The zero-order chi connectivity index (χ0) is 18.9. The van der Waals surface area contributed by atoms with E-state index >= 15 is 0 Å². The lowest BCUT2D eigenvalue weighted by Crippen LogP contribution is -2.10. The summed E-state index contributed by atoms with van der Waals surface area (Å²) in [6.07, 6.45) is 0. The Morgan fingerprint density at radius 2 is 1.69 bits per heavy atom. The lowest BCUT2D eigenvalue weighted by Gasteiger charge is -2.19. The Kier molecular flexibility index (Phi) is 4.84. The summed E-state index contributed by atoms with van der Waals surface area (Å²) in [4.78, 5) is 4.43. The van der Waals surface area contributed by atoms with Gasteiger partial charge in [-0.05, 0) is 34.7 Å². The van der Waals surface area contributed by atoms with E-state index in [0.29, 0.717) is 5.56 Å². The van der Waals surface area contributed by atoms with E-state index in [-0.39, 0.29) is 11.2 Å². The van der Waals surface area contributed by atoms with Crippen molar-refractivity contribution in [2.24, 2.45) is 0 Å². The summed E-state index contributed by atoms with van der Waals surface area (Å²) in [6, 6.07) is 20.3. The molecule has 0 aliphatic carbocycles. The van der Waals surface area contributed by atoms with Gasteiger partial charge in [0.1, 0.15) is 17.5 Å². The minimum atomic E-state index is 0.0787. The monoisotopic (exact) mass is 405 g/mol. The summed E-state index contributed by atoms with van der Waals surface area (Å²) in [6.45, 7) is 6.54. The van der Waals surface area contributed by atoms with Crippen molar-refractivity contribution in [3.63, 3.8) is 0 Å². The maximum absolute atomic E-state index is 9.57. The summed E-state index contributed by atoms with van der Waals surface area (Å²) in [5.41, 5.74) is 11.3. The number of benzene rings is 2. The van der Waals surface area contributed by atoms with Crippen molar-refractivity contribution in [3.8, 4) is 28.5 Å². The van der Waals surface area contributed by atoms with Crippen LogP contribution in [0.25, 0.3) is 22.4 Å². The van der Waals surface area contributed by atoms with Crippen molar-refractivity contribution in [2.75, 3.05) is 5.73 Å². The van der Waals surface area contributed by atoms with Gasteiger partial charge in [-0.25, -0.2) is 4.98 Å². The molecule has 0 saturated carbocycles. The Hall–Kier alpha value is -2.64. The first kappa shape index (κ1) is 18.2. The molecule has 0 spiro atoms. The van der Waals surface area contributed by atoms with Crippen LogP contribution in [0.15, 0.2) is 59.1 Å². The molecular weight excluding hydrogens is 386 g/mol. The average molecular weight is 406 g/mol. The van der Waals surface area contributed by atoms with Gasteiger partial charge in [-0.15, -0.1) is 0 Å². The fraction of sp³-hybridized carbons (Fsp3) is 0.182. The highest BCUT2D eigenvalue weighted by Crippen LogP contribution is 2.33. The number of pyridine rings is 1. The number of hydrogen-bond acceptors (Lipinski definition) is 3. The molecule has 3 rings (SSSR count). The molecule has 2 aromatic carbocycles. The lowest BCUT2D eigenvalue weighted by atomic mass is 9.86. The van der Waals surface area contributed by atoms with Crippen molar-refractivity contribution >= 4 is 21.7 Å². The van der Waals surface area contributed by atoms with Gasteiger partial charge in [0.25, 0.3) is 0 Å². The van der Waals surface area contributed by atoms with Gasteiger partial charge >= 0.3 is 0 Å². The molecule has 130 valence electrons. The third-order valence-electron chi connectivity index (χ3n) is 4.34. The molecule has 3 aromatic rings. The van der Waals surface area contributed by atoms with E-state index in [1.54, 1.807) is 0 Å². The molecule has 0 aliphatic rings. The van der Waals surface area contributed by atoms with E-state index in [1.807, 2.05) is 42.5 Å². The molecule has 1 aromatic heterocycles. The molecule has 2 N–H and O–H groups in total. The number of hydrogen-bond donors (Lipinski definition) is 1. The summed E-state index contributed by atoms with van der Waals surface area (Å²) in [5, 5.41) is 9.57. The molecule has 0 unspecified atom stereocenters. The second-order valence-corrected chi connectivity index (χ2v) is 8.18. The summed E-state index contributed by atoms with van der Waals surface area (Å²) in [5.74, 6) is 0.250. The molecule has 0 aliphatic heterocycles. The molecule has 1 heterocycles. The van der Waals surface area contributed by atoms with Gasteiger partial charge < -0.3 is 5.73 Å². The minimum Gasteiger partial charge on any atom is -0.383 e. The van der Waals surface area contributed by atoms with Gasteiger partial charge in [-0.3, -0.25) is 0 Å². The van der Waals surface area contributed by atoms with Crippen LogP contribution < -0.4 is 5.73 Å². The molecule has 0 atom stereocenters. The van der Waals surface area contributed by atoms with Crippen LogP contribution in [0.5, 0.6) is 0 Å². The summed E-state index contributed by atoms with van der Waals surface area (Å²) >= 11 is 3.48. The van der Waals surface area contributed by atoms with Crippen LogP contribution >= 0.6 is 15.9 Å². The van der Waals surface area contributed by atoms with E-state index in [0.717, 1.165) is 26.9 Å². The number of nitrogens with two attached hydrogens (primary N) is 1. The van der Waals surface area contributed by atoms with Gasteiger partial charge in [-0.1, -0.05) is 73.1 Å². The smallest absolute Gasteiger partial charge is 0.142 e. The average Bonchev–Trinajstić information content (AvgIpc) is 2.60. The molecule has 0 fully saturated rings. The molecule has 0 amide bonds. The highest BCUT2D eigenvalue weighted by atomic mass is 79.9. The number of aromatic nitrogens is 1. The van der Waals surface area contributed by atoms with Gasteiger partial charge in [-0.2, -0.15) is 5.26 Å². The van der Waals surface area contributed by atoms with Gasteiger partial charge in [0.15, 0.2) is 0 Å². The van der Waals surface area contributed by atoms with Crippen LogP contribution in [-0.2, 0) is 5.41 Å². The SMILES string of the molecule is CC(C)(C)c1ccc(-c2cc(-c3cccc(Br)c3)nc(N)c2C#N)cc1. The Bertz CT molecular complexity index is 993. The standard InChI is InChI=1S/C22H20BrN3/c1-22(2,3)16-9-7-14(8-10-16)18-12-20(26-21(25)19(18)13-24)15-5-4-6-17(23)11-15/h4-12H,1-3H3,(H2,25,26). The minimum absolute atomic E-state index is 0.0787. The molecule has 0 radical (unpaired) electrons. The molecular formula is C22H20BrN3. The fourth-order valence-electron chi connectivity index (χ4n) is 2.86. The number of nitrogens with zero attached hydrogens (tertiary/aromatic N) is 2. The molecule has 0 bridgehead atoms. The van der Waals surface area contributed by atoms with E-state index < -0.39 is 0 Å². The van der Waals surface area contributed by atoms with Gasteiger partial charge in [0.2, 0.25) is 0 Å². The quantitative estimate of drug-likeness (QED) is 0.574. The van der Waals surface area contributed by atoms with Crippen LogP contribution in [0.1, 0.15) is 31.9 Å². The van der Waals surface area contributed by atoms with Crippen LogP contribution in [0.4, 0.5) is 5.82 Å². The van der Waals surface area contributed by atoms with Crippen molar-refractivity contribution in [2.45, 2.75) is 26.2 Å². The number of nitriles is 1. The highest BCUT2D eigenvalue weighted by Gasteiger charge is 2.16. The summed E-state index contributed by atoms with van der Waals surface area (Å²) in [7, 11) is 0. The van der Waals surface area contributed by atoms with Crippen molar-refractivity contribution < 1.29 is 0 Å². The zero-order valence-electron chi connectivity index (χ0n) is 15.0. The van der Waals surface area contributed by atoms with Crippen molar-refractivity contribution in [1.29, 1.82) is 5.26 Å². The number of halogens is 1. The maximum atomic E-state index is 9.57. The Balaban J connectivity index is 2.16. The Morgan fingerprint density at radius 3 is 2.27 bits per heavy atom. The Labute approximate surface area is 162 Å². The largest absolute Gasteiger partial charge is 0.383 e. The van der Waals surface area contributed by atoms with Gasteiger partial charge in [0.05, 0.1) is 5.69 Å². The predicted octanol–water partition coefficient (Wildman–Crippen LogP) is 5.93. The van der Waals surface area contributed by atoms with Crippen LogP contribution in [-0.4, -0.2) is 4.98 Å². The number of nitrogen functional groups attached to an aromatic ring is 1. The van der Waals surface area contributed by atoms with Gasteiger partial charge in [0, 0.05) is 15.6 Å². The first-order valence-electron chi connectivity index (χ1n) is 8.37. The fourth-order valence-corrected chi connectivity index (χ4v) is 3.25. The second kappa shape index (κ2) is 6.93.